The SMILES string of the molecule is CN1CCN(C(=O)N2CCC(COc3cccc(C(F)(F)F)n3)CC2)CC1. The second kappa shape index (κ2) is 8.33. The highest BCUT2D eigenvalue weighted by Crippen LogP contribution is 2.29. The van der Waals surface area contributed by atoms with Crippen LogP contribution in [0, 0.1) is 5.92 Å². The summed E-state index contributed by atoms with van der Waals surface area (Å²) in [5.74, 6) is 0.193. The van der Waals surface area contributed by atoms with Crippen molar-refractivity contribution in [1.29, 1.82) is 0 Å². The number of rotatable bonds is 3. The van der Waals surface area contributed by atoms with E-state index < -0.39 is 11.9 Å². The summed E-state index contributed by atoms with van der Waals surface area (Å²) < 4.78 is 43.6. The number of ether oxygens (including phenoxy) is 1. The number of halogens is 3. The fraction of sp³-hybridized carbons (Fsp3) is 0.667. The van der Waals surface area contributed by atoms with Crippen LogP contribution in [0.25, 0.3) is 0 Å². The number of amides is 2. The van der Waals surface area contributed by atoms with E-state index in [0.29, 0.717) is 19.7 Å². The highest BCUT2D eigenvalue weighted by molar-refractivity contribution is 5.74. The molecule has 2 amide bonds. The van der Waals surface area contributed by atoms with Crippen LogP contribution in [0.4, 0.5) is 18.0 Å². The average Bonchev–Trinajstić information content (AvgIpc) is 2.66. The molecule has 0 aromatic carbocycles. The predicted molar refractivity (Wildman–Crippen MR) is 93.5 cm³/mol. The van der Waals surface area contributed by atoms with Crippen LogP contribution in [0.5, 0.6) is 5.88 Å². The third kappa shape index (κ3) is 5.24. The van der Waals surface area contributed by atoms with Crippen LogP contribution in [0.1, 0.15) is 18.5 Å². The summed E-state index contributed by atoms with van der Waals surface area (Å²) in [6, 6.07) is 3.74. The van der Waals surface area contributed by atoms with Gasteiger partial charge in [0.1, 0.15) is 5.69 Å². The molecule has 2 saturated heterocycles. The Hall–Kier alpha value is -2.03. The Morgan fingerprint density at radius 1 is 1.11 bits per heavy atom. The van der Waals surface area contributed by atoms with Crippen molar-refractivity contribution in [2.24, 2.45) is 5.92 Å². The molecule has 9 heteroatoms. The molecule has 1 aromatic heterocycles. The van der Waals surface area contributed by atoms with Crippen molar-refractivity contribution >= 4 is 6.03 Å². The molecule has 27 heavy (non-hydrogen) atoms. The van der Waals surface area contributed by atoms with Crippen molar-refractivity contribution in [3.63, 3.8) is 0 Å². The van der Waals surface area contributed by atoms with E-state index in [2.05, 4.69) is 9.88 Å². The number of likely N-dealkylation sites (tertiary alicyclic amines) is 1. The van der Waals surface area contributed by atoms with Crippen LogP contribution in [-0.4, -0.2) is 78.6 Å². The number of alkyl halides is 3. The van der Waals surface area contributed by atoms with Crippen molar-refractivity contribution in [1.82, 2.24) is 19.7 Å². The predicted octanol–water partition coefficient (Wildman–Crippen LogP) is 2.56. The van der Waals surface area contributed by atoms with E-state index in [-0.39, 0.29) is 17.8 Å². The van der Waals surface area contributed by atoms with Gasteiger partial charge in [-0.1, -0.05) is 6.07 Å². The molecule has 2 fully saturated rings. The van der Waals surface area contributed by atoms with E-state index in [1.54, 1.807) is 0 Å². The highest BCUT2D eigenvalue weighted by Gasteiger charge is 2.33. The normalized spacial score (nSPS) is 20.0. The number of hydrogen-bond donors (Lipinski definition) is 0. The minimum absolute atomic E-state index is 0.0132. The first-order valence-corrected chi connectivity index (χ1v) is 9.22. The molecule has 1 aromatic rings. The zero-order valence-corrected chi connectivity index (χ0v) is 15.4. The number of piperidine rings is 1. The molecule has 0 spiro atoms. The molecule has 0 radical (unpaired) electrons. The van der Waals surface area contributed by atoms with Gasteiger partial charge in [0.05, 0.1) is 6.61 Å². The van der Waals surface area contributed by atoms with Gasteiger partial charge in [-0.2, -0.15) is 13.2 Å². The lowest BCUT2D eigenvalue weighted by atomic mass is 9.98. The lowest BCUT2D eigenvalue weighted by Gasteiger charge is -2.38. The van der Waals surface area contributed by atoms with Gasteiger partial charge in [-0.15, -0.1) is 0 Å². The number of urea groups is 1. The molecule has 150 valence electrons. The molecule has 3 heterocycles. The molecular formula is C18H25F3N4O2. The number of likely N-dealkylation sites (N-methyl/N-ethyl adjacent to an activating group) is 1. The van der Waals surface area contributed by atoms with Gasteiger partial charge in [0, 0.05) is 45.3 Å². The molecule has 0 N–H and O–H groups in total. The van der Waals surface area contributed by atoms with Gasteiger partial charge in [0.15, 0.2) is 0 Å². The number of nitrogens with zero attached hydrogens (tertiary/aromatic N) is 4. The Morgan fingerprint density at radius 2 is 1.74 bits per heavy atom. The van der Waals surface area contributed by atoms with Gasteiger partial charge in [0.2, 0.25) is 5.88 Å². The summed E-state index contributed by atoms with van der Waals surface area (Å²) in [6.07, 6.45) is -2.93. The highest BCUT2D eigenvalue weighted by atomic mass is 19.4. The van der Waals surface area contributed by atoms with Crippen LogP contribution in [0.2, 0.25) is 0 Å². The van der Waals surface area contributed by atoms with Crippen molar-refractivity contribution < 1.29 is 22.7 Å². The zero-order chi connectivity index (χ0) is 19.4. The summed E-state index contributed by atoms with van der Waals surface area (Å²) in [7, 11) is 2.05. The smallest absolute Gasteiger partial charge is 0.433 e. The maximum Gasteiger partial charge on any atom is 0.433 e. The average molecular weight is 386 g/mol. The van der Waals surface area contributed by atoms with Crippen LogP contribution >= 0.6 is 0 Å². The van der Waals surface area contributed by atoms with Crippen molar-refractivity contribution in [3.05, 3.63) is 23.9 Å². The van der Waals surface area contributed by atoms with Gasteiger partial charge in [-0.3, -0.25) is 0 Å². The molecule has 2 aliphatic rings. The maximum absolute atomic E-state index is 12.7. The van der Waals surface area contributed by atoms with Crippen molar-refractivity contribution in [2.45, 2.75) is 19.0 Å². The van der Waals surface area contributed by atoms with Crippen molar-refractivity contribution in [3.8, 4) is 5.88 Å². The Kier molecular flexibility index (Phi) is 6.08. The second-order valence-electron chi connectivity index (χ2n) is 7.17. The number of carbonyl (C=O) groups is 1. The first kappa shape index (κ1) is 19.7. The summed E-state index contributed by atoms with van der Waals surface area (Å²) in [4.78, 5) is 22.0. The zero-order valence-electron chi connectivity index (χ0n) is 15.4. The molecule has 2 aliphatic heterocycles. The van der Waals surface area contributed by atoms with E-state index in [4.69, 9.17) is 4.74 Å². The third-order valence-electron chi connectivity index (χ3n) is 5.14. The monoisotopic (exact) mass is 386 g/mol. The standard InChI is InChI=1S/C18H25F3N4O2/c1-23-9-11-25(12-10-23)17(26)24-7-5-14(6-8-24)13-27-16-4-2-3-15(22-16)18(19,20)21/h2-4,14H,5-13H2,1H3. The van der Waals surface area contributed by atoms with Crippen LogP contribution < -0.4 is 4.74 Å². The molecule has 0 atom stereocenters. The first-order valence-electron chi connectivity index (χ1n) is 9.22. The molecule has 0 aliphatic carbocycles. The van der Waals surface area contributed by atoms with E-state index in [0.717, 1.165) is 45.1 Å². The summed E-state index contributed by atoms with van der Waals surface area (Å²) >= 11 is 0. The molecular weight excluding hydrogens is 361 g/mol. The van der Waals surface area contributed by atoms with Gasteiger partial charge >= 0.3 is 12.2 Å². The third-order valence-corrected chi connectivity index (χ3v) is 5.14. The summed E-state index contributed by atoms with van der Waals surface area (Å²) in [5, 5.41) is 0. The number of aromatic nitrogens is 1. The number of carbonyl (C=O) groups excluding carboxylic acids is 1. The van der Waals surface area contributed by atoms with Gasteiger partial charge in [-0.05, 0) is 31.9 Å². The quantitative estimate of drug-likeness (QED) is 0.801. The van der Waals surface area contributed by atoms with E-state index >= 15 is 0 Å². The molecule has 0 unspecified atom stereocenters. The van der Waals surface area contributed by atoms with Gasteiger partial charge in [0.25, 0.3) is 0 Å². The van der Waals surface area contributed by atoms with E-state index in [1.165, 1.54) is 12.1 Å². The van der Waals surface area contributed by atoms with E-state index in [1.807, 2.05) is 16.8 Å². The lowest BCUT2D eigenvalue weighted by molar-refractivity contribution is -0.141. The Morgan fingerprint density at radius 3 is 2.37 bits per heavy atom. The minimum atomic E-state index is -4.48. The van der Waals surface area contributed by atoms with Gasteiger partial charge < -0.3 is 19.4 Å². The summed E-state index contributed by atoms with van der Waals surface area (Å²) in [6.45, 7) is 4.88. The maximum atomic E-state index is 12.7. The largest absolute Gasteiger partial charge is 0.477 e. The van der Waals surface area contributed by atoms with Crippen molar-refractivity contribution in [2.75, 3.05) is 52.9 Å². The number of hydrogen-bond acceptors (Lipinski definition) is 4. The Balaban J connectivity index is 1.44. The molecule has 0 bridgehead atoms. The molecule has 6 nitrogen and oxygen atoms in total. The topological polar surface area (TPSA) is 48.9 Å². The fourth-order valence-corrected chi connectivity index (χ4v) is 3.34. The minimum Gasteiger partial charge on any atom is -0.477 e. The Bertz CT molecular complexity index is 640. The Labute approximate surface area is 156 Å². The number of piperazine rings is 1. The first-order chi connectivity index (χ1) is 12.8. The van der Waals surface area contributed by atoms with Crippen LogP contribution in [0.15, 0.2) is 18.2 Å². The van der Waals surface area contributed by atoms with Crippen LogP contribution in [-0.2, 0) is 6.18 Å². The second-order valence-corrected chi connectivity index (χ2v) is 7.17. The van der Waals surface area contributed by atoms with Gasteiger partial charge in [-0.25, -0.2) is 9.78 Å². The summed E-state index contributed by atoms with van der Waals surface area (Å²) in [5.41, 5.74) is -0.951. The molecule has 3 rings (SSSR count). The number of pyridine rings is 1. The fourth-order valence-electron chi connectivity index (χ4n) is 3.34. The lowest BCUT2D eigenvalue weighted by Crippen LogP contribution is -2.53. The molecule has 0 saturated carbocycles. The van der Waals surface area contributed by atoms with Crippen LogP contribution in [0.3, 0.4) is 0 Å². The van der Waals surface area contributed by atoms with E-state index in [9.17, 15) is 18.0 Å².